The van der Waals surface area contributed by atoms with Gasteiger partial charge >= 0.3 is 0 Å². The molecule has 0 spiro atoms. The Morgan fingerprint density at radius 2 is 1.97 bits per heavy atom. The summed E-state index contributed by atoms with van der Waals surface area (Å²) in [5.74, 6) is 0.848. The average Bonchev–Trinajstić information content (AvgIpc) is 3.15. The summed E-state index contributed by atoms with van der Waals surface area (Å²) in [5.41, 5.74) is 3.09. The van der Waals surface area contributed by atoms with Gasteiger partial charge < -0.3 is 10.3 Å². The van der Waals surface area contributed by atoms with Crippen molar-refractivity contribution in [2.75, 3.05) is 5.75 Å². The molecule has 2 N–H and O–H groups in total. The van der Waals surface area contributed by atoms with Gasteiger partial charge in [-0.25, -0.2) is 0 Å². The van der Waals surface area contributed by atoms with Crippen molar-refractivity contribution in [2.45, 2.75) is 51.9 Å². The number of carbonyl (C=O) groups excluding carboxylic acids is 1. The predicted octanol–water partition coefficient (Wildman–Crippen LogP) is 3.63. The van der Waals surface area contributed by atoms with Crippen LogP contribution in [0.5, 0.6) is 0 Å². The van der Waals surface area contributed by atoms with Crippen LogP contribution in [-0.2, 0) is 11.3 Å². The molecule has 2 heterocycles. The van der Waals surface area contributed by atoms with Crippen LogP contribution in [0.4, 0.5) is 0 Å². The Kier molecular flexibility index (Phi) is 7.10. The van der Waals surface area contributed by atoms with Crippen molar-refractivity contribution >= 4 is 17.7 Å². The minimum atomic E-state index is -0.163. The molecule has 158 valence electrons. The van der Waals surface area contributed by atoms with Crippen LogP contribution in [0.3, 0.4) is 0 Å². The third kappa shape index (κ3) is 4.99. The summed E-state index contributed by atoms with van der Waals surface area (Å²) in [7, 11) is 0. The van der Waals surface area contributed by atoms with Gasteiger partial charge in [-0.1, -0.05) is 49.0 Å². The molecular formula is C22H27N5O2S. The Hall–Kier alpha value is -2.87. The molecule has 1 aromatic carbocycles. The van der Waals surface area contributed by atoms with Crippen molar-refractivity contribution < 1.29 is 4.79 Å². The number of H-pyrrole nitrogens is 1. The number of carbonyl (C=O) groups is 1. The minimum Gasteiger partial charge on any atom is -0.351 e. The summed E-state index contributed by atoms with van der Waals surface area (Å²) < 4.78 is 2.09. The van der Waals surface area contributed by atoms with Crippen LogP contribution in [-0.4, -0.2) is 31.4 Å². The summed E-state index contributed by atoms with van der Waals surface area (Å²) in [6, 6.07) is 12.0. The Balaban J connectivity index is 1.69. The number of rotatable bonds is 8. The van der Waals surface area contributed by atoms with Crippen LogP contribution < -0.4 is 10.9 Å². The molecule has 0 bridgehead atoms. The van der Waals surface area contributed by atoms with Gasteiger partial charge in [0.1, 0.15) is 0 Å². The molecule has 1 atom stereocenters. The van der Waals surface area contributed by atoms with E-state index < -0.39 is 0 Å². The lowest BCUT2D eigenvalue weighted by Gasteiger charge is -2.16. The zero-order valence-corrected chi connectivity index (χ0v) is 18.5. The fourth-order valence-corrected chi connectivity index (χ4v) is 4.08. The number of aryl methyl sites for hydroxylation is 2. The number of hydrogen-bond acceptors (Lipinski definition) is 5. The molecule has 3 rings (SSSR count). The second-order valence-electron chi connectivity index (χ2n) is 7.31. The van der Waals surface area contributed by atoms with Crippen LogP contribution in [0, 0.1) is 13.8 Å². The molecule has 1 amide bonds. The van der Waals surface area contributed by atoms with E-state index in [4.69, 9.17) is 0 Å². The number of benzene rings is 1. The zero-order chi connectivity index (χ0) is 21.7. The van der Waals surface area contributed by atoms with Crippen LogP contribution in [0.2, 0.25) is 0 Å². The van der Waals surface area contributed by atoms with Gasteiger partial charge in [0, 0.05) is 29.4 Å². The maximum Gasteiger partial charge on any atom is 0.253 e. The lowest BCUT2D eigenvalue weighted by molar-refractivity contribution is -0.118. The van der Waals surface area contributed by atoms with Gasteiger partial charge in [-0.05, 0) is 38.8 Å². The van der Waals surface area contributed by atoms with E-state index in [2.05, 4.69) is 38.9 Å². The van der Waals surface area contributed by atoms with Crippen molar-refractivity contribution in [1.82, 2.24) is 25.1 Å². The fraction of sp³-hybridized carbons (Fsp3) is 0.364. The van der Waals surface area contributed by atoms with Gasteiger partial charge in [0.05, 0.1) is 5.75 Å². The lowest BCUT2D eigenvalue weighted by Crippen LogP contribution is -2.29. The molecule has 0 aliphatic carbocycles. The van der Waals surface area contributed by atoms with Crippen molar-refractivity contribution in [3.8, 4) is 11.4 Å². The lowest BCUT2D eigenvalue weighted by atomic mass is 10.1. The first-order valence-electron chi connectivity index (χ1n) is 10.00. The summed E-state index contributed by atoms with van der Waals surface area (Å²) in [5, 5.41) is 12.2. The van der Waals surface area contributed by atoms with E-state index in [1.165, 1.54) is 11.8 Å². The molecule has 2 aromatic heterocycles. The molecule has 8 heteroatoms. The van der Waals surface area contributed by atoms with Crippen LogP contribution in [0.25, 0.3) is 11.4 Å². The molecule has 0 saturated carbocycles. The topological polar surface area (TPSA) is 92.7 Å². The van der Waals surface area contributed by atoms with Gasteiger partial charge in [-0.2, -0.15) is 0 Å². The van der Waals surface area contributed by atoms with Crippen molar-refractivity contribution in [2.24, 2.45) is 0 Å². The van der Waals surface area contributed by atoms with E-state index in [9.17, 15) is 9.59 Å². The SMILES string of the molecule is CCC(C)n1c(SCC(=O)NCc2c(C)cc(C)[nH]c2=O)nnc1-c1ccccc1. The predicted molar refractivity (Wildman–Crippen MR) is 120 cm³/mol. The number of amides is 1. The highest BCUT2D eigenvalue weighted by molar-refractivity contribution is 7.99. The quantitative estimate of drug-likeness (QED) is 0.538. The van der Waals surface area contributed by atoms with E-state index >= 15 is 0 Å². The summed E-state index contributed by atoms with van der Waals surface area (Å²) in [6.45, 7) is 8.14. The first kappa shape index (κ1) is 21.8. The fourth-order valence-electron chi connectivity index (χ4n) is 3.21. The Bertz CT molecular complexity index is 1070. The third-order valence-corrected chi connectivity index (χ3v) is 5.96. The first-order chi connectivity index (χ1) is 14.4. The van der Waals surface area contributed by atoms with Gasteiger partial charge in [0.2, 0.25) is 5.91 Å². The highest BCUT2D eigenvalue weighted by Crippen LogP contribution is 2.28. The van der Waals surface area contributed by atoms with E-state index in [1.807, 2.05) is 50.2 Å². The summed E-state index contributed by atoms with van der Waals surface area (Å²) >= 11 is 1.35. The number of hydrogen-bond donors (Lipinski definition) is 2. The molecular weight excluding hydrogens is 398 g/mol. The standard InChI is InChI=1S/C22H27N5O2S/c1-5-16(4)27-20(17-9-7-6-8-10-17)25-26-22(27)30-13-19(28)23-12-18-14(2)11-15(3)24-21(18)29/h6-11,16H,5,12-13H2,1-4H3,(H,23,28)(H,24,29). The first-order valence-corrected chi connectivity index (χ1v) is 11.0. The average molecular weight is 426 g/mol. The summed E-state index contributed by atoms with van der Waals surface area (Å²) in [4.78, 5) is 27.3. The number of thioether (sulfide) groups is 1. The highest BCUT2D eigenvalue weighted by atomic mass is 32.2. The zero-order valence-electron chi connectivity index (χ0n) is 17.7. The van der Waals surface area contributed by atoms with Crippen molar-refractivity contribution in [3.63, 3.8) is 0 Å². The van der Waals surface area contributed by atoms with E-state index in [1.54, 1.807) is 0 Å². The van der Waals surface area contributed by atoms with Crippen molar-refractivity contribution in [1.29, 1.82) is 0 Å². The number of nitrogens with one attached hydrogen (secondary N) is 2. The second-order valence-corrected chi connectivity index (χ2v) is 8.25. The van der Waals surface area contributed by atoms with Crippen LogP contribution >= 0.6 is 11.8 Å². The normalized spacial score (nSPS) is 12.0. The number of pyridine rings is 1. The third-order valence-electron chi connectivity index (χ3n) is 5.02. The van der Waals surface area contributed by atoms with E-state index in [0.29, 0.717) is 10.7 Å². The maximum atomic E-state index is 12.4. The molecule has 1 unspecified atom stereocenters. The maximum absolute atomic E-state index is 12.4. The number of aromatic amines is 1. The molecule has 0 aliphatic heterocycles. The van der Waals surface area contributed by atoms with Gasteiger partial charge in [-0.3, -0.25) is 14.2 Å². The van der Waals surface area contributed by atoms with Crippen LogP contribution in [0.1, 0.15) is 43.1 Å². The second kappa shape index (κ2) is 9.75. The molecule has 0 aliphatic rings. The largest absolute Gasteiger partial charge is 0.351 e. The highest BCUT2D eigenvalue weighted by Gasteiger charge is 2.19. The molecule has 0 radical (unpaired) electrons. The Morgan fingerprint density at radius 1 is 1.23 bits per heavy atom. The molecule has 0 fully saturated rings. The van der Waals surface area contributed by atoms with E-state index in [0.717, 1.165) is 29.1 Å². The Labute approximate surface area is 180 Å². The summed E-state index contributed by atoms with van der Waals surface area (Å²) in [6.07, 6.45) is 0.924. The number of nitrogens with zero attached hydrogens (tertiary/aromatic N) is 3. The molecule has 30 heavy (non-hydrogen) atoms. The molecule has 3 aromatic rings. The monoisotopic (exact) mass is 425 g/mol. The van der Waals surface area contributed by atoms with Crippen LogP contribution in [0.15, 0.2) is 46.3 Å². The van der Waals surface area contributed by atoms with Gasteiger partial charge in [0.15, 0.2) is 11.0 Å². The smallest absolute Gasteiger partial charge is 0.253 e. The number of aromatic nitrogens is 4. The Morgan fingerprint density at radius 3 is 2.63 bits per heavy atom. The molecule has 0 saturated heterocycles. The van der Waals surface area contributed by atoms with Crippen molar-refractivity contribution in [3.05, 3.63) is 63.6 Å². The van der Waals surface area contributed by atoms with E-state index in [-0.39, 0.29) is 29.8 Å². The minimum absolute atomic E-state index is 0.153. The van der Waals surface area contributed by atoms with Gasteiger partial charge in [-0.15, -0.1) is 10.2 Å². The van der Waals surface area contributed by atoms with Gasteiger partial charge in [0.25, 0.3) is 5.56 Å². The molecule has 7 nitrogen and oxygen atoms in total.